The van der Waals surface area contributed by atoms with Gasteiger partial charge in [0.1, 0.15) is 0 Å². The summed E-state index contributed by atoms with van der Waals surface area (Å²) in [4.78, 5) is 15.9. The van der Waals surface area contributed by atoms with Crippen molar-refractivity contribution in [2.75, 3.05) is 0 Å². The summed E-state index contributed by atoms with van der Waals surface area (Å²) < 4.78 is 2.42. The minimum absolute atomic E-state index is 0.637. The van der Waals surface area contributed by atoms with Gasteiger partial charge in [-0.1, -0.05) is 176 Å². The van der Waals surface area contributed by atoms with Gasteiger partial charge in [-0.25, -0.2) is 15.0 Å². The summed E-state index contributed by atoms with van der Waals surface area (Å²) in [6.07, 6.45) is 0. The lowest BCUT2D eigenvalue weighted by Crippen LogP contribution is -2.01. The van der Waals surface area contributed by atoms with Crippen LogP contribution in [-0.2, 0) is 0 Å². The Bertz CT molecular complexity index is 3650. The molecule has 0 amide bonds. The predicted octanol–water partition coefficient (Wildman–Crippen LogP) is 15.7. The van der Waals surface area contributed by atoms with E-state index in [1.54, 1.807) is 11.3 Å². The number of thiophene rings is 1. The van der Waals surface area contributed by atoms with E-state index in [2.05, 4.69) is 212 Å². The second kappa shape index (κ2) is 14.5. The van der Waals surface area contributed by atoms with Crippen LogP contribution >= 0.6 is 11.3 Å². The summed E-state index contributed by atoms with van der Waals surface area (Å²) in [5, 5.41) is 9.59. The maximum absolute atomic E-state index is 5.35. The van der Waals surface area contributed by atoms with E-state index in [1.807, 2.05) is 0 Å². The third-order valence-electron chi connectivity index (χ3n) is 11.9. The van der Waals surface area contributed by atoms with Crippen LogP contribution < -0.4 is 0 Å². The van der Waals surface area contributed by atoms with E-state index >= 15 is 0 Å². The van der Waals surface area contributed by atoms with Crippen LogP contribution in [0.1, 0.15) is 0 Å². The van der Waals surface area contributed by atoms with Gasteiger partial charge in [0.2, 0.25) is 0 Å². The summed E-state index contributed by atoms with van der Waals surface area (Å²) in [5.74, 6) is 1.94. The molecule has 0 spiro atoms. The number of hydrogen-bond donors (Lipinski definition) is 0. The van der Waals surface area contributed by atoms with Crippen molar-refractivity contribution in [2.24, 2.45) is 0 Å². The van der Waals surface area contributed by atoms with Crippen molar-refractivity contribution in [1.29, 1.82) is 0 Å². The molecular formula is C57H35N3S. The van der Waals surface area contributed by atoms with Crippen LogP contribution in [0.4, 0.5) is 0 Å². The molecule has 2 heterocycles. The molecule has 12 aromatic rings. The fourth-order valence-electron chi connectivity index (χ4n) is 8.92. The number of rotatable bonds is 6. The lowest BCUT2D eigenvalue weighted by atomic mass is 9.90. The van der Waals surface area contributed by atoms with Crippen molar-refractivity contribution in [2.45, 2.75) is 0 Å². The Morgan fingerprint density at radius 3 is 1.66 bits per heavy atom. The van der Waals surface area contributed by atoms with E-state index in [0.717, 1.165) is 38.6 Å². The first-order valence-corrected chi connectivity index (χ1v) is 21.4. The zero-order chi connectivity index (χ0) is 40.3. The van der Waals surface area contributed by atoms with Crippen molar-refractivity contribution in [1.82, 2.24) is 15.0 Å². The van der Waals surface area contributed by atoms with E-state index in [0.29, 0.717) is 17.5 Å². The van der Waals surface area contributed by atoms with Gasteiger partial charge in [-0.05, 0) is 102 Å². The summed E-state index contributed by atoms with van der Waals surface area (Å²) in [5.41, 5.74) is 9.96. The normalized spacial score (nSPS) is 11.6. The van der Waals surface area contributed by atoms with E-state index in [9.17, 15) is 0 Å². The molecule has 0 bridgehead atoms. The van der Waals surface area contributed by atoms with Crippen LogP contribution in [0.5, 0.6) is 0 Å². The van der Waals surface area contributed by atoms with Gasteiger partial charge in [-0.3, -0.25) is 0 Å². The van der Waals surface area contributed by atoms with Gasteiger partial charge >= 0.3 is 0 Å². The Kier molecular flexibility index (Phi) is 8.36. The molecule has 0 radical (unpaired) electrons. The van der Waals surface area contributed by atoms with Crippen LogP contribution in [0.25, 0.3) is 120 Å². The lowest BCUT2D eigenvalue weighted by molar-refractivity contribution is 1.08. The predicted molar refractivity (Wildman–Crippen MR) is 258 cm³/mol. The van der Waals surface area contributed by atoms with Crippen molar-refractivity contribution in [3.63, 3.8) is 0 Å². The molecule has 3 nitrogen and oxygen atoms in total. The average molecular weight is 794 g/mol. The topological polar surface area (TPSA) is 38.7 Å². The lowest BCUT2D eigenvalue weighted by Gasteiger charge is -2.15. The van der Waals surface area contributed by atoms with Crippen molar-refractivity contribution in [3.8, 4) is 67.5 Å². The van der Waals surface area contributed by atoms with Crippen LogP contribution in [-0.4, -0.2) is 15.0 Å². The Morgan fingerprint density at radius 1 is 0.262 bits per heavy atom. The molecule has 0 atom stereocenters. The van der Waals surface area contributed by atoms with Gasteiger partial charge in [0, 0.05) is 36.9 Å². The fraction of sp³-hybridized carbons (Fsp3) is 0. The SMILES string of the molecule is c1ccc(-c2cc(-c3ccc(-c4nc(-c5ccc(-c6ccc7ccccc7c6)cc5)nc(-c5cccc6c5sc5ccccc56)n4)c4ccccc34)cc3ccccc23)cc1. The maximum Gasteiger partial charge on any atom is 0.165 e. The molecule has 4 heteroatoms. The number of nitrogens with zero attached hydrogens (tertiary/aromatic N) is 3. The zero-order valence-corrected chi connectivity index (χ0v) is 33.8. The number of benzene rings is 10. The molecule has 0 saturated heterocycles. The second-order valence-electron chi connectivity index (χ2n) is 15.5. The molecule has 0 unspecified atom stereocenters. The first-order valence-electron chi connectivity index (χ1n) is 20.6. The summed E-state index contributed by atoms with van der Waals surface area (Å²) in [6.45, 7) is 0. The highest BCUT2D eigenvalue weighted by Crippen LogP contribution is 2.42. The van der Waals surface area contributed by atoms with E-state index in [4.69, 9.17) is 15.0 Å². The molecule has 0 saturated carbocycles. The number of fused-ring (bicyclic) bond motifs is 6. The molecule has 0 aliphatic carbocycles. The summed E-state index contributed by atoms with van der Waals surface area (Å²) >= 11 is 1.79. The van der Waals surface area contributed by atoms with Gasteiger partial charge in [0.25, 0.3) is 0 Å². The minimum Gasteiger partial charge on any atom is -0.208 e. The second-order valence-corrected chi connectivity index (χ2v) is 16.6. The third kappa shape index (κ3) is 6.16. The molecule has 61 heavy (non-hydrogen) atoms. The average Bonchev–Trinajstić information content (AvgIpc) is 3.72. The Hall–Kier alpha value is -7.79. The van der Waals surface area contributed by atoms with Gasteiger partial charge in [0.15, 0.2) is 17.5 Å². The Labute approximate surface area is 356 Å². The van der Waals surface area contributed by atoms with Crippen LogP contribution in [0.2, 0.25) is 0 Å². The largest absolute Gasteiger partial charge is 0.208 e. The molecule has 10 aromatic carbocycles. The third-order valence-corrected chi connectivity index (χ3v) is 13.1. The highest BCUT2D eigenvalue weighted by Gasteiger charge is 2.19. The maximum atomic E-state index is 5.35. The molecule has 0 fully saturated rings. The minimum atomic E-state index is 0.637. The summed E-state index contributed by atoms with van der Waals surface area (Å²) in [7, 11) is 0. The van der Waals surface area contributed by atoms with Gasteiger partial charge in [-0.2, -0.15) is 0 Å². The van der Waals surface area contributed by atoms with Crippen molar-refractivity contribution in [3.05, 3.63) is 212 Å². The highest BCUT2D eigenvalue weighted by molar-refractivity contribution is 7.26. The smallest absolute Gasteiger partial charge is 0.165 e. The molecule has 0 aliphatic heterocycles. The van der Waals surface area contributed by atoms with Crippen LogP contribution in [0, 0.1) is 0 Å². The van der Waals surface area contributed by atoms with Crippen molar-refractivity contribution < 1.29 is 0 Å². The summed E-state index contributed by atoms with van der Waals surface area (Å²) in [6, 6.07) is 75.9. The molecule has 12 rings (SSSR count). The Balaban J connectivity index is 1.04. The van der Waals surface area contributed by atoms with Gasteiger partial charge in [-0.15, -0.1) is 11.3 Å². The molecule has 0 N–H and O–H groups in total. The standard InChI is InChI=1S/C57H35N3S/c1-2-14-38(15-3-1)52-35-43(34-42-17-6-7-18-44(42)52)45-31-32-50(47-20-9-8-19-46(45)47)56-58-55(39-28-25-37(26-29-39)41-30-27-36-13-4-5-16-40(36)33-41)59-57(60-56)51-23-12-22-49-48-21-10-11-24-53(48)61-54(49)51/h1-35H. The van der Waals surface area contributed by atoms with E-state index in [-0.39, 0.29) is 0 Å². The van der Waals surface area contributed by atoms with Gasteiger partial charge in [0.05, 0.1) is 0 Å². The van der Waals surface area contributed by atoms with Crippen LogP contribution in [0.15, 0.2) is 212 Å². The quantitative estimate of drug-likeness (QED) is 0.168. The molecule has 284 valence electrons. The monoisotopic (exact) mass is 793 g/mol. The number of aromatic nitrogens is 3. The van der Waals surface area contributed by atoms with Gasteiger partial charge < -0.3 is 0 Å². The molecule has 2 aromatic heterocycles. The first kappa shape index (κ1) is 35.2. The number of hydrogen-bond acceptors (Lipinski definition) is 4. The fourth-order valence-corrected chi connectivity index (χ4v) is 10.1. The Morgan fingerprint density at radius 2 is 0.836 bits per heavy atom. The molecule has 0 aliphatic rings. The van der Waals surface area contributed by atoms with Crippen molar-refractivity contribution >= 4 is 63.8 Å². The van der Waals surface area contributed by atoms with Crippen LogP contribution in [0.3, 0.4) is 0 Å². The first-order chi connectivity index (χ1) is 30.2. The van der Waals surface area contributed by atoms with E-state index < -0.39 is 0 Å². The van der Waals surface area contributed by atoms with E-state index in [1.165, 1.54) is 64.0 Å². The molecular weight excluding hydrogens is 759 g/mol. The highest BCUT2D eigenvalue weighted by atomic mass is 32.1. The zero-order valence-electron chi connectivity index (χ0n) is 33.0.